The Hall–Kier alpha value is -1.23. The van der Waals surface area contributed by atoms with E-state index in [2.05, 4.69) is 10.6 Å². The van der Waals surface area contributed by atoms with Crippen molar-refractivity contribution < 1.29 is 8.78 Å². The van der Waals surface area contributed by atoms with Crippen LogP contribution in [0.4, 0.5) is 14.5 Å². The summed E-state index contributed by atoms with van der Waals surface area (Å²) in [5, 5.41) is 6.61. The summed E-state index contributed by atoms with van der Waals surface area (Å²) in [6.07, 6.45) is 7.21. The van der Waals surface area contributed by atoms with E-state index in [0.29, 0.717) is 16.8 Å². The van der Waals surface area contributed by atoms with Crippen molar-refractivity contribution in [3.05, 3.63) is 29.8 Å². The van der Waals surface area contributed by atoms with E-state index < -0.39 is 11.6 Å². The molecule has 19 heavy (non-hydrogen) atoms. The molecule has 0 unspecified atom stereocenters. The number of benzene rings is 1. The van der Waals surface area contributed by atoms with Crippen molar-refractivity contribution in [3.8, 4) is 0 Å². The summed E-state index contributed by atoms with van der Waals surface area (Å²) in [4.78, 5) is 0. The molecule has 1 fully saturated rings. The molecule has 0 bridgehead atoms. The van der Waals surface area contributed by atoms with Crippen LogP contribution in [0.5, 0.6) is 0 Å². The molecule has 0 aromatic heterocycles. The Kier molecular flexibility index (Phi) is 5.07. The second-order valence-corrected chi connectivity index (χ2v) is 5.32. The van der Waals surface area contributed by atoms with Crippen molar-refractivity contribution in [2.24, 2.45) is 0 Å². The van der Waals surface area contributed by atoms with Crippen molar-refractivity contribution in [2.45, 2.75) is 44.6 Å². The predicted octanol–water partition coefficient (Wildman–Crippen LogP) is 3.97. The van der Waals surface area contributed by atoms with E-state index >= 15 is 0 Å². The average molecular weight is 284 g/mol. The highest BCUT2D eigenvalue weighted by Gasteiger charge is 2.13. The Labute approximate surface area is 117 Å². The Morgan fingerprint density at radius 1 is 1.05 bits per heavy atom. The highest BCUT2D eigenvalue weighted by Crippen LogP contribution is 2.18. The zero-order valence-corrected chi connectivity index (χ0v) is 11.5. The lowest BCUT2D eigenvalue weighted by atomic mass is 10.1. The maximum Gasteiger partial charge on any atom is 0.170 e. The number of halogens is 2. The third-order valence-electron chi connectivity index (χ3n) is 3.37. The van der Waals surface area contributed by atoms with Gasteiger partial charge in [-0.15, -0.1) is 0 Å². The Morgan fingerprint density at radius 3 is 2.37 bits per heavy atom. The lowest BCUT2D eigenvalue weighted by molar-refractivity contribution is 0.509. The van der Waals surface area contributed by atoms with Crippen LogP contribution in [0.25, 0.3) is 0 Å². The molecule has 0 saturated heterocycles. The largest absolute Gasteiger partial charge is 0.360 e. The minimum Gasteiger partial charge on any atom is -0.360 e. The topological polar surface area (TPSA) is 24.1 Å². The third kappa shape index (κ3) is 4.42. The fraction of sp³-hybridized carbons (Fsp3) is 0.500. The van der Waals surface area contributed by atoms with Crippen LogP contribution in [0.15, 0.2) is 18.2 Å². The minimum atomic E-state index is -0.873. The van der Waals surface area contributed by atoms with Crippen molar-refractivity contribution >= 4 is 23.0 Å². The normalized spacial score (nSPS) is 16.7. The number of anilines is 1. The van der Waals surface area contributed by atoms with Crippen LogP contribution in [0.3, 0.4) is 0 Å². The van der Waals surface area contributed by atoms with Gasteiger partial charge in [0.1, 0.15) is 0 Å². The minimum absolute atomic E-state index is 0.382. The van der Waals surface area contributed by atoms with Gasteiger partial charge in [0.2, 0.25) is 0 Å². The van der Waals surface area contributed by atoms with E-state index in [0.717, 1.165) is 25.0 Å². The Morgan fingerprint density at radius 2 is 1.74 bits per heavy atom. The molecule has 2 N–H and O–H groups in total. The third-order valence-corrected chi connectivity index (χ3v) is 3.59. The molecule has 1 aliphatic rings. The molecule has 2 rings (SSSR count). The molecule has 1 aromatic carbocycles. The Balaban J connectivity index is 1.87. The van der Waals surface area contributed by atoms with Crippen molar-refractivity contribution in [1.82, 2.24) is 5.32 Å². The van der Waals surface area contributed by atoms with E-state index in [1.54, 1.807) is 0 Å². The van der Waals surface area contributed by atoms with Crippen LogP contribution in [-0.2, 0) is 0 Å². The van der Waals surface area contributed by atoms with Crippen LogP contribution in [-0.4, -0.2) is 11.2 Å². The standard InChI is InChI=1S/C14H18F2N2S/c15-12-8-7-11(9-13(12)16)18-14(19)17-10-5-3-1-2-4-6-10/h7-10H,1-6H2,(H2,17,18,19). The van der Waals surface area contributed by atoms with E-state index in [-0.39, 0.29) is 0 Å². The molecule has 1 aliphatic carbocycles. The van der Waals surface area contributed by atoms with Crippen LogP contribution in [0, 0.1) is 11.6 Å². The van der Waals surface area contributed by atoms with Gasteiger partial charge in [-0.25, -0.2) is 8.78 Å². The summed E-state index contributed by atoms with van der Waals surface area (Å²) in [6, 6.07) is 4.05. The van der Waals surface area contributed by atoms with Gasteiger partial charge < -0.3 is 10.6 Å². The van der Waals surface area contributed by atoms with Gasteiger partial charge in [0.25, 0.3) is 0 Å². The van der Waals surface area contributed by atoms with Crippen molar-refractivity contribution in [2.75, 3.05) is 5.32 Å². The molecule has 2 nitrogen and oxygen atoms in total. The van der Waals surface area contributed by atoms with Gasteiger partial charge in [-0.05, 0) is 37.2 Å². The first-order valence-electron chi connectivity index (χ1n) is 6.68. The molecule has 0 spiro atoms. The number of nitrogens with one attached hydrogen (secondary N) is 2. The summed E-state index contributed by atoms with van der Waals surface area (Å²) < 4.78 is 25.9. The Bertz CT molecular complexity index is 443. The fourth-order valence-corrected chi connectivity index (χ4v) is 2.63. The zero-order chi connectivity index (χ0) is 13.7. The molecule has 0 radical (unpaired) electrons. The summed E-state index contributed by atoms with van der Waals surface area (Å²) in [6.45, 7) is 0. The van der Waals surface area contributed by atoms with Crippen molar-refractivity contribution in [3.63, 3.8) is 0 Å². The summed E-state index contributed by atoms with van der Waals surface area (Å²) in [7, 11) is 0. The lowest BCUT2D eigenvalue weighted by Crippen LogP contribution is -2.37. The molecular weight excluding hydrogens is 266 g/mol. The summed E-state index contributed by atoms with van der Waals surface area (Å²) in [5.41, 5.74) is 0.463. The van der Waals surface area contributed by atoms with Crippen LogP contribution in [0.1, 0.15) is 38.5 Å². The molecule has 0 aliphatic heterocycles. The zero-order valence-electron chi connectivity index (χ0n) is 10.7. The maximum atomic E-state index is 13.1. The van der Waals surface area contributed by atoms with E-state index in [1.807, 2.05) is 0 Å². The van der Waals surface area contributed by atoms with Gasteiger partial charge in [0, 0.05) is 17.8 Å². The van der Waals surface area contributed by atoms with Gasteiger partial charge in [0.15, 0.2) is 16.7 Å². The van der Waals surface area contributed by atoms with Crippen LogP contribution >= 0.6 is 12.2 Å². The second kappa shape index (κ2) is 6.80. The monoisotopic (exact) mass is 284 g/mol. The van der Waals surface area contributed by atoms with E-state index in [4.69, 9.17) is 12.2 Å². The van der Waals surface area contributed by atoms with Gasteiger partial charge in [-0.3, -0.25) is 0 Å². The first-order valence-corrected chi connectivity index (χ1v) is 7.08. The number of hydrogen-bond acceptors (Lipinski definition) is 1. The highest BCUT2D eigenvalue weighted by molar-refractivity contribution is 7.80. The van der Waals surface area contributed by atoms with Crippen molar-refractivity contribution in [1.29, 1.82) is 0 Å². The quantitative estimate of drug-likeness (QED) is 0.634. The second-order valence-electron chi connectivity index (χ2n) is 4.92. The molecule has 0 heterocycles. The molecule has 104 valence electrons. The van der Waals surface area contributed by atoms with Gasteiger partial charge >= 0.3 is 0 Å². The van der Waals surface area contributed by atoms with Gasteiger partial charge in [-0.1, -0.05) is 25.7 Å². The number of thiocarbonyl (C=S) groups is 1. The predicted molar refractivity (Wildman–Crippen MR) is 77.2 cm³/mol. The molecule has 1 aromatic rings. The van der Waals surface area contributed by atoms with Crippen LogP contribution < -0.4 is 10.6 Å². The molecular formula is C14H18F2N2S. The molecule has 1 saturated carbocycles. The first kappa shape index (κ1) is 14.2. The fourth-order valence-electron chi connectivity index (χ4n) is 2.35. The van der Waals surface area contributed by atoms with Gasteiger partial charge in [0.05, 0.1) is 0 Å². The van der Waals surface area contributed by atoms with E-state index in [1.165, 1.54) is 31.7 Å². The maximum absolute atomic E-state index is 13.1. The summed E-state index contributed by atoms with van der Waals surface area (Å²) in [5.74, 6) is -1.73. The number of rotatable bonds is 2. The molecule has 0 amide bonds. The highest BCUT2D eigenvalue weighted by atomic mass is 32.1. The first-order chi connectivity index (χ1) is 9.15. The molecule has 5 heteroatoms. The van der Waals surface area contributed by atoms with Gasteiger partial charge in [-0.2, -0.15) is 0 Å². The summed E-state index contributed by atoms with van der Waals surface area (Å²) >= 11 is 5.20. The van der Waals surface area contributed by atoms with E-state index in [9.17, 15) is 8.78 Å². The smallest absolute Gasteiger partial charge is 0.170 e. The lowest BCUT2D eigenvalue weighted by Gasteiger charge is -2.19. The number of hydrogen-bond donors (Lipinski definition) is 2. The van der Waals surface area contributed by atoms with Crippen LogP contribution in [0.2, 0.25) is 0 Å². The molecule has 0 atom stereocenters. The average Bonchev–Trinajstić information content (AvgIpc) is 2.62. The SMILES string of the molecule is Fc1ccc(NC(=S)NC2CCCCCC2)cc1F.